The van der Waals surface area contributed by atoms with E-state index in [9.17, 15) is 19.0 Å². The Kier molecular flexibility index (Phi) is 39.9. The second-order valence-electron chi connectivity index (χ2n) is 15.3. The molecule has 0 aromatic rings. The van der Waals surface area contributed by atoms with Crippen LogP contribution in [-0.4, -0.2) is 49.3 Å². The van der Waals surface area contributed by atoms with Gasteiger partial charge in [-0.15, -0.1) is 0 Å². The summed E-state index contributed by atoms with van der Waals surface area (Å²) in [6.45, 7) is 3.75. The van der Waals surface area contributed by atoms with Gasteiger partial charge in [-0.05, 0) is 12.8 Å². The maximum Gasteiger partial charge on any atom is 0.472 e. The minimum Gasteiger partial charge on any atom is -0.462 e. The van der Waals surface area contributed by atoms with Crippen molar-refractivity contribution in [3.8, 4) is 0 Å². The monoisotopic (exact) mass is 776 g/mol. The average Bonchev–Trinajstić information content (AvgIpc) is 3.14. The molecule has 9 nitrogen and oxygen atoms in total. The lowest BCUT2D eigenvalue weighted by Crippen LogP contribution is -2.29. The molecule has 0 saturated carbocycles. The molecule has 0 aliphatic rings. The molecule has 0 aromatic heterocycles. The molecule has 2 unspecified atom stereocenters. The third-order valence-electron chi connectivity index (χ3n) is 9.99. The summed E-state index contributed by atoms with van der Waals surface area (Å²) in [4.78, 5) is 34.7. The minimum atomic E-state index is -4.36. The molecular formula is C43H86NO8P. The highest BCUT2D eigenvalue weighted by Gasteiger charge is 2.26. The predicted octanol–water partition coefficient (Wildman–Crippen LogP) is 12.8. The van der Waals surface area contributed by atoms with Crippen molar-refractivity contribution in [2.75, 3.05) is 26.4 Å². The third-order valence-corrected chi connectivity index (χ3v) is 11.0. The maximum atomic E-state index is 12.6. The number of hydrogen-bond acceptors (Lipinski definition) is 8. The van der Waals surface area contributed by atoms with Crippen LogP contribution in [0.4, 0.5) is 0 Å². The number of unbranched alkanes of at least 4 members (excludes halogenated alkanes) is 30. The fraction of sp³-hybridized carbons (Fsp3) is 0.953. The van der Waals surface area contributed by atoms with E-state index in [1.54, 1.807) is 0 Å². The Bertz CT molecular complexity index is 845. The number of phosphoric acid groups is 1. The van der Waals surface area contributed by atoms with E-state index in [0.29, 0.717) is 6.42 Å². The smallest absolute Gasteiger partial charge is 0.462 e. The molecule has 0 rings (SSSR count). The Morgan fingerprint density at radius 2 is 0.811 bits per heavy atom. The standard InChI is InChI=1S/C43H86NO8P/c1-3-5-7-9-11-13-14-15-16-17-18-19-20-21-22-23-24-25-26-28-30-32-34-36-43(46)52-41(40-51-53(47,48)50-38-37-44)39-49-42(45)35-33-31-29-27-12-10-8-6-4-2/h41H,3-40,44H2,1-2H3,(H,47,48). The zero-order valence-corrected chi connectivity index (χ0v) is 35.7. The molecule has 0 heterocycles. The van der Waals surface area contributed by atoms with Crippen LogP contribution in [0.2, 0.25) is 0 Å². The number of nitrogens with two attached hydrogens (primary N) is 1. The van der Waals surface area contributed by atoms with Gasteiger partial charge in [0.2, 0.25) is 0 Å². The molecule has 3 N–H and O–H groups in total. The summed E-state index contributed by atoms with van der Waals surface area (Å²) in [5.41, 5.74) is 5.34. The minimum absolute atomic E-state index is 0.0579. The summed E-state index contributed by atoms with van der Waals surface area (Å²) in [6, 6.07) is 0. The first-order valence-electron chi connectivity index (χ1n) is 22.5. The zero-order valence-electron chi connectivity index (χ0n) is 34.8. The van der Waals surface area contributed by atoms with Crippen LogP contribution in [0.25, 0.3) is 0 Å². The predicted molar refractivity (Wildman–Crippen MR) is 220 cm³/mol. The van der Waals surface area contributed by atoms with Crippen LogP contribution < -0.4 is 5.73 Å². The summed E-state index contributed by atoms with van der Waals surface area (Å²) in [7, 11) is -4.36. The Balaban J connectivity index is 3.95. The van der Waals surface area contributed by atoms with Crippen LogP contribution in [0.5, 0.6) is 0 Å². The number of phosphoric ester groups is 1. The summed E-state index contributed by atoms with van der Waals surface area (Å²) in [5.74, 6) is -0.817. The van der Waals surface area contributed by atoms with E-state index in [1.165, 1.54) is 167 Å². The fourth-order valence-electron chi connectivity index (χ4n) is 6.64. The van der Waals surface area contributed by atoms with Crippen molar-refractivity contribution >= 4 is 19.8 Å². The van der Waals surface area contributed by atoms with Crippen molar-refractivity contribution in [2.45, 2.75) is 238 Å². The van der Waals surface area contributed by atoms with Gasteiger partial charge in [0.25, 0.3) is 0 Å². The third kappa shape index (κ3) is 40.5. The molecule has 0 aliphatic heterocycles. The maximum absolute atomic E-state index is 12.6. The number of esters is 2. The van der Waals surface area contributed by atoms with Crippen LogP contribution in [0, 0.1) is 0 Å². The van der Waals surface area contributed by atoms with Crippen molar-refractivity contribution in [3.05, 3.63) is 0 Å². The Morgan fingerprint density at radius 3 is 1.15 bits per heavy atom. The summed E-state index contributed by atoms with van der Waals surface area (Å²) >= 11 is 0. The largest absolute Gasteiger partial charge is 0.472 e. The molecule has 0 fully saturated rings. The van der Waals surface area contributed by atoms with E-state index in [2.05, 4.69) is 13.8 Å². The second-order valence-corrected chi connectivity index (χ2v) is 16.7. The fourth-order valence-corrected chi connectivity index (χ4v) is 7.40. The van der Waals surface area contributed by atoms with Gasteiger partial charge in [0, 0.05) is 19.4 Å². The number of rotatable bonds is 43. The van der Waals surface area contributed by atoms with Crippen molar-refractivity contribution in [2.24, 2.45) is 5.73 Å². The highest BCUT2D eigenvalue weighted by atomic mass is 31.2. The molecule has 2 atom stereocenters. The first-order valence-corrected chi connectivity index (χ1v) is 24.0. The Morgan fingerprint density at radius 1 is 0.491 bits per heavy atom. The number of carbonyl (C=O) groups is 2. The van der Waals surface area contributed by atoms with Gasteiger partial charge >= 0.3 is 19.8 Å². The Hall–Kier alpha value is -0.990. The molecule has 10 heteroatoms. The van der Waals surface area contributed by atoms with Crippen LogP contribution in [0.15, 0.2) is 0 Å². The van der Waals surface area contributed by atoms with Gasteiger partial charge in [0.15, 0.2) is 6.10 Å². The highest BCUT2D eigenvalue weighted by Crippen LogP contribution is 2.43. The second kappa shape index (κ2) is 40.7. The van der Waals surface area contributed by atoms with E-state index in [-0.39, 0.29) is 38.6 Å². The molecule has 0 bridgehead atoms. The normalized spacial score (nSPS) is 13.2. The summed E-state index contributed by atoms with van der Waals surface area (Å²) in [5, 5.41) is 0. The van der Waals surface area contributed by atoms with Gasteiger partial charge in [-0.2, -0.15) is 0 Å². The van der Waals surface area contributed by atoms with E-state index in [4.69, 9.17) is 24.3 Å². The summed E-state index contributed by atoms with van der Waals surface area (Å²) in [6.07, 6.45) is 40.1. The topological polar surface area (TPSA) is 134 Å². The average molecular weight is 776 g/mol. The lowest BCUT2D eigenvalue weighted by Gasteiger charge is -2.19. The van der Waals surface area contributed by atoms with Crippen LogP contribution in [0.1, 0.15) is 232 Å². The van der Waals surface area contributed by atoms with Crippen molar-refractivity contribution in [1.82, 2.24) is 0 Å². The van der Waals surface area contributed by atoms with Crippen molar-refractivity contribution in [1.29, 1.82) is 0 Å². The molecule has 0 spiro atoms. The number of ether oxygens (including phenoxy) is 2. The van der Waals surface area contributed by atoms with Crippen LogP contribution in [-0.2, 0) is 32.7 Å². The van der Waals surface area contributed by atoms with E-state index < -0.39 is 26.5 Å². The molecular weight excluding hydrogens is 689 g/mol. The van der Waals surface area contributed by atoms with E-state index in [0.717, 1.165) is 32.1 Å². The van der Waals surface area contributed by atoms with Gasteiger partial charge in [0.05, 0.1) is 13.2 Å². The van der Waals surface area contributed by atoms with E-state index >= 15 is 0 Å². The van der Waals surface area contributed by atoms with Crippen molar-refractivity contribution in [3.63, 3.8) is 0 Å². The molecule has 0 radical (unpaired) electrons. The van der Waals surface area contributed by atoms with Gasteiger partial charge in [-0.1, -0.05) is 206 Å². The lowest BCUT2D eigenvalue weighted by molar-refractivity contribution is -0.161. The Labute approximate surface area is 327 Å². The molecule has 0 amide bonds. The quantitative estimate of drug-likeness (QED) is 0.0352. The van der Waals surface area contributed by atoms with E-state index in [1.807, 2.05) is 0 Å². The molecule has 0 aromatic carbocycles. The highest BCUT2D eigenvalue weighted by molar-refractivity contribution is 7.47. The van der Waals surface area contributed by atoms with Crippen molar-refractivity contribution < 1.29 is 37.6 Å². The van der Waals surface area contributed by atoms with Crippen LogP contribution in [0.3, 0.4) is 0 Å². The summed E-state index contributed by atoms with van der Waals surface area (Å²) < 4.78 is 32.7. The molecule has 316 valence electrons. The first kappa shape index (κ1) is 52.0. The molecule has 0 saturated heterocycles. The lowest BCUT2D eigenvalue weighted by atomic mass is 10.0. The molecule has 0 aliphatic carbocycles. The van der Waals surface area contributed by atoms with Crippen LogP contribution >= 0.6 is 7.82 Å². The number of carbonyl (C=O) groups excluding carboxylic acids is 2. The van der Waals surface area contributed by atoms with Gasteiger partial charge in [-0.25, -0.2) is 4.57 Å². The zero-order chi connectivity index (χ0) is 38.9. The first-order chi connectivity index (χ1) is 25.8. The van der Waals surface area contributed by atoms with Gasteiger partial charge < -0.3 is 20.1 Å². The SMILES string of the molecule is CCCCCCCCCCCCCCCCCCCCCCCCCC(=O)OC(COC(=O)CCCCCCCCCCC)COP(=O)(O)OCCN. The van der Waals surface area contributed by atoms with Gasteiger partial charge in [-0.3, -0.25) is 18.6 Å². The molecule has 53 heavy (non-hydrogen) atoms. The van der Waals surface area contributed by atoms with Gasteiger partial charge in [0.1, 0.15) is 6.61 Å². The number of hydrogen-bond donors (Lipinski definition) is 2.